The average molecular weight is 396 g/mol. The summed E-state index contributed by atoms with van der Waals surface area (Å²) < 4.78 is 2.73. The topological polar surface area (TPSA) is 0 Å². The Labute approximate surface area is 135 Å². The Hall–Kier alpha value is 0.160. The van der Waals surface area contributed by atoms with Crippen LogP contribution >= 0.6 is 73.1 Å². The molecule has 3 aromatic heterocycles. The Balaban J connectivity index is 2.06. The first-order chi connectivity index (χ1) is 8.63. The molecule has 0 amide bonds. The molecule has 3 rings (SSSR count). The van der Waals surface area contributed by atoms with Gasteiger partial charge in [0.25, 0.3) is 0 Å². The first kappa shape index (κ1) is 13.2. The lowest BCUT2D eigenvalue weighted by Gasteiger charge is -1.91. The van der Waals surface area contributed by atoms with E-state index in [0.29, 0.717) is 0 Å². The largest absolute Gasteiger partial charge is 0.132 e. The van der Waals surface area contributed by atoms with Crippen molar-refractivity contribution in [3.05, 3.63) is 43.5 Å². The van der Waals surface area contributed by atoms with Crippen molar-refractivity contribution in [3.63, 3.8) is 0 Å². The Morgan fingerprint density at radius 1 is 0.778 bits per heavy atom. The smallest absolute Gasteiger partial charge is 0.0935 e. The summed E-state index contributed by atoms with van der Waals surface area (Å²) in [5, 5.41) is 0. The molecule has 0 N–H and O–H groups in total. The minimum atomic E-state index is 0.811. The third-order valence-electron chi connectivity index (χ3n) is 2.30. The van der Waals surface area contributed by atoms with E-state index in [2.05, 4.69) is 34.1 Å². The van der Waals surface area contributed by atoms with Crippen LogP contribution in [0, 0.1) is 0 Å². The second-order valence-corrected chi connectivity index (χ2v) is 8.83. The zero-order valence-corrected chi connectivity index (χ0v) is 14.3. The average Bonchev–Trinajstić information content (AvgIpc) is 2.99. The molecule has 0 aliphatic carbocycles. The molecule has 0 nitrogen and oxygen atoms in total. The number of halogens is 3. The van der Waals surface area contributed by atoms with Crippen LogP contribution in [0.5, 0.6) is 0 Å². The molecule has 0 aliphatic heterocycles. The lowest BCUT2D eigenvalue weighted by molar-refractivity contribution is 1.84. The minimum absolute atomic E-state index is 0.811. The molecule has 0 aromatic carbocycles. The van der Waals surface area contributed by atoms with Crippen molar-refractivity contribution in [3.8, 4) is 19.5 Å². The molecule has 0 spiro atoms. The van der Waals surface area contributed by atoms with E-state index in [0.717, 1.165) is 13.1 Å². The van der Waals surface area contributed by atoms with Crippen LogP contribution < -0.4 is 0 Å². The van der Waals surface area contributed by atoms with Gasteiger partial charge >= 0.3 is 0 Å². The molecule has 0 unspecified atom stereocenters. The Kier molecular flexibility index (Phi) is 3.85. The quantitative estimate of drug-likeness (QED) is 0.427. The summed E-state index contributed by atoms with van der Waals surface area (Å²) in [6, 6.07) is 10.1. The normalized spacial score (nSPS) is 11.1. The second-order valence-electron chi connectivity index (χ2n) is 3.50. The Morgan fingerprint density at radius 3 is 1.94 bits per heavy atom. The van der Waals surface area contributed by atoms with Gasteiger partial charge in [0.05, 0.1) is 13.5 Å². The number of thiophene rings is 3. The maximum Gasteiger partial charge on any atom is 0.0935 e. The van der Waals surface area contributed by atoms with Crippen LogP contribution in [0.15, 0.2) is 34.8 Å². The van der Waals surface area contributed by atoms with Gasteiger partial charge < -0.3 is 0 Å². The van der Waals surface area contributed by atoms with Crippen LogP contribution in [-0.2, 0) is 0 Å². The summed E-state index contributed by atoms with van der Waals surface area (Å²) in [7, 11) is 0. The monoisotopic (exact) mass is 394 g/mol. The highest BCUT2D eigenvalue weighted by Crippen LogP contribution is 2.45. The predicted octanol–water partition coefficient (Wildman–Crippen LogP) is 7.27. The lowest BCUT2D eigenvalue weighted by atomic mass is 10.3. The fourth-order valence-electron chi connectivity index (χ4n) is 1.54. The summed E-state index contributed by atoms with van der Waals surface area (Å²) in [5.74, 6) is 0. The van der Waals surface area contributed by atoms with Crippen molar-refractivity contribution in [2.24, 2.45) is 0 Å². The molecule has 6 heteroatoms. The molecule has 0 radical (unpaired) electrons. The molecular weight excluding hydrogens is 391 g/mol. The molecule has 0 atom stereocenters. The van der Waals surface area contributed by atoms with E-state index in [1.54, 1.807) is 34.0 Å². The maximum absolute atomic E-state index is 5.98. The molecule has 92 valence electrons. The highest BCUT2D eigenvalue weighted by Gasteiger charge is 2.13. The minimum Gasteiger partial charge on any atom is -0.132 e. The van der Waals surface area contributed by atoms with Crippen LogP contribution in [0.4, 0.5) is 0 Å². The van der Waals surface area contributed by atoms with Crippen LogP contribution in [0.2, 0.25) is 8.67 Å². The molecule has 0 saturated carbocycles. The molecule has 3 heterocycles. The SMILES string of the molecule is Clc1ccc(-c2cc(Br)c(-c3ccc(Cl)s3)s2)s1. The molecule has 3 aromatic rings. The van der Waals surface area contributed by atoms with Crippen LogP contribution in [0.1, 0.15) is 0 Å². The van der Waals surface area contributed by atoms with E-state index >= 15 is 0 Å². The summed E-state index contributed by atoms with van der Waals surface area (Å²) in [6.45, 7) is 0. The van der Waals surface area contributed by atoms with Crippen LogP contribution in [0.3, 0.4) is 0 Å². The van der Waals surface area contributed by atoms with Crippen molar-refractivity contribution in [2.45, 2.75) is 0 Å². The molecule has 0 bridgehead atoms. The van der Waals surface area contributed by atoms with Crippen molar-refractivity contribution < 1.29 is 0 Å². The van der Waals surface area contributed by atoms with Gasteiger partial charge in [-0.15, -0.1) is 34.0 Å². The fraction of sp³-hybridized carbons (Fsp3) is 0. The van der Waals surface area contributed by atoms with Gasteiger partial charge in [0.2, 0.25) is 0 Å². The Bertz CT molecular complexity index is 696. The van der Waals surface area contributed by atoms with Crippen molar-refractivity contribution >= 4 is 73.1 Å². The van der Waals surface area contributed by atoms with Crippen molar-refractivity contribution in [1.29, 1.82) is 0 Å². The van der Waals surface area contributed by atoms with Gasteiger partial charge in [0.15, 0.2) is 0 Å². The van der Waals surface area contributed by atoms with Gasteiger partial charge in [-0.05, 0) is 46.3 Å². The molecule has 0 fully saturated rings. The second kappa shape index (κ2) is 5.27. The van der Waals surface area contributed by atoms with Gasteiger partial charge in [0.1, 0.15) is 0 Å². The van der Waals surface area contributed by atoms with Gasteiger partial charge in [-0.25, -0.2) is 0 Å². The third kappa shape index (κ3) is 2.55. The summed E-state index contributed by atoms with van der Waals surface area (Å²) in [6.07, 6.45) is 0. The summed E-state index contributed by atoms with van der Waals surface area (Å²) in [4.78, 5) is 4.81. The summed E-state index contributed by atoms with van der Waals surface area (Å²) in [5.41, 5.74) is 0. The van der Waals surface area contributed by atoms with Gasteiger partial charge in [-0.1, -0.05) is 23.2 Å². The van der Waals surface area contributed by atoms with E-state index in [-0.39, 0.29) is 0 Å². The van der Waals surface area contributed by atoms with Gasteiger partial charge in [0, 0.05) is 19.1 Å². The number of hydrogen-bond donors (Lipinski definition) is 0. The van der Waals surface area contributed by atoms with Gasteiger partial charge in [-0.3, -0.25) is 0 Å². The highest BCUT2D eigenvalue weighted by molar-refractivity contribution is 9.10. The van der Waals surface area contributed by atoms with Gasteiger partial charge in [-0.2, -0.15) is 0 Å². The predicted molar refractivity (Wildman–Crippen MR) is 88.7 cm³/mol. The van der Waals surface area contributed by atoms with E-state index in [4.69, 9.17) is 23.2 Å². The highest BCUT2D eigenvalue weighted by atomic mass is 79.9. The van der Waals surface area contributed by atoms with E-state index in [9.17, 15) is 0 Å². The summed E-state index contributed by atoms with van der Waals surface area (Å²) >= 11 is 20.5. The Morgan fingerprint density at radius 2 is 1.39 bits per heavy atom. The van der Waals surface area contributed by atoms with Crippen LogP contribution in [0.25, 0.3) is 19.5 Å². The lowest BCUT2D eigenvalue weighted by Crippen LogP contribution is -1.60. The van der Waals surface area contributed by atoms with Crippen molar-refractivity contribution in [2.75, 3.05) is 0 Å². The first-order valence-corrected chi connectivity index (χ1v) is 8.94. The van der Waals surface area contributed by atoms with E-state index in [1.807, 2.05) is 12.1 Å². The molecule has 18 heavy (non-hydrogen) atoms. The number of hydrogen-bond acceptors (Lipinski definition) is 3. The fourth-order valence-corrected chi connectivity index (χ4v) is 5.85. The van der Waals surface area contributed by atoms with E-state index in [1.165, 1.54) is 19.5 Å². The zero-order chi connectivity index (χ0) is 12.7. The molecule has 0 saturated heterocycles. The maximum atomic E-state index is 5.98. The molecule has 0 aliphatic rings. The van der Waals surface area contributed by atoms with Crippen LogP contribution in [-0.4, -0.2) is 0 Å². The van der Waals surface area contributed by atoms with Crippen molar-refractivity contribution in [1.82, 2.24) is 0 Å². The first-order valence-electron chi connectivity index (χ1n) is 4.94. The number of rotatable bonds is 2. The third-order valence-corrected chi connectivity index (χ3v) is 7.16. The zero-order valence-electron chi connectivity index (χ0n) is 8.75. The molecular formula is C12H5BrCl2S3. The van der Waals surface area contributed by atoms with E-state index < -0.39 is 0 Å². The standard InChI is InChI=1S/C12H5BrCl2S3/c13-6-5-9(7-1-3-10(14)16-7)18-12(6)8-2-4-11(15)17-8/h1-5H.